The van der Waals surface area contributed by atoms with Gasteiger partial charge in [0, 0.05) is 17.9 Å². The molecule has 1 heterocycles. The number of carbonyl (C=O) groups excluding carboxylic acids is 3. The molecule has 0 spiro atoms. The molecule has 3 rings (SSSR count). The van der Waals surface area contributed by atoms with Crippen molar-refractivity contribution < 1.29 is 68.1 Å². The van der Waals surface area contributed by atoms with Gasteiger partial charge in [-0.2, -0.15) is 39.5 Å². The van der Waals surface area contributed by atoms with Crippen LogP contribution in [0, 0.1) is 23.7 Å². The van der Waals surface area contributed by atoms with Gasteiger partial charge < -0.3 is 14.2 Å². The normalized spacial score (nSPS) is 32.6. The summed E-state index contributed by atoms with van der Waals surface area (Å²) in [7, 11) is 0. The van der Waals surface area contributed by atoms with Crippen molar-refractivity contribution >= 4 is 17.9 Å². The highest BCUT2D eigenvalue weighted by Crippen LogP contribution is 2.61. The third kappa shape index (κ3) is 3.14. The van der Waals surface area contributed by atoms with Crippen LogP contribution in [-0.4, -0.2) is 54.2 Å². The second kappa shape index (κ2) is 6.76. The van der Waals surface area contributed by atoms with Crippen LogP contribution in [0.25, 0.3) is 0 Å². The lowest BCUT2D eigenvalue weighted by molar-refractivity contribution is -0.447. The number of hydrogen-bond acceptors (Lipinski definition) is 6. The summed E-state index contributed by atoms with van der Waals surface area (Å²) in [6, 6.07) is 0. The van der Waals surface area contributed by atoms with Gasteiger partial charge in [0.15, 0.2) is 0 Å². The van der Waals surface area contributed by atoms with E-state index in [-0.39, 0.29) is 6.42 Å². The molecule has 0 N–H and O–H groups in total. The summed E-state index contributed by atoms with van der Waals surface area (Å²) in [4.78, 5) is 35.8. The van der Waals surface area contributed by atoms with Crippen LogP contribution in [-0.2, 0) is 28.6 Å². The molecule has 174 valence electrons. The molecule has 6 unspecified atom stereocenters. The number of carbonyl (C=O) groups is 3. The van der Waals surface area contributed by atoms with Crippen LogP contribution >= 0.6 is 0 Å². The number of esters is 3. The molecule has 0 amide bonds. The topological polar surface area (TPSA) is 78.9 Å². The molecule has 6 atom stereocenters. The first-order valence-electron chi connectivity index (χ1n) is 8.44. The maximum absolute atomic E-state index is 13.1. The smallest absolute Gasteiger partial charge is 0.447 e. The highest BCUT2D eigenvalue weighted by Gasteiger charge is 2.88. The Morgan fingerprint density at radius 3 is 1.94 bits per heavy atom. The van der Waals surface area contributed by atoms with Crippen LogP contribution in [0.1, 0.15) is 6.42 Å². The largest absolute Gasteiger partial charge is 0.458 e. The molecule has 15 heteroatoms. The van der Waals surface area contributed by atoms with Crippen molar-refractivity contribution in [2.24, 2.45) is 23.7 Å². The van der Waals surface area contributed by atoms with Gasteiger partial charge in [0.25, 0.3) is 0 Å². The van der Waals surface area contributed by atoms with Crippen LogP contribution in [0.2, 0.25) is 0 Å². The van der Waals surface area contributed by atoms with E-state index in [0.29, 0.717) is 6.08 Å². The van der Waals surface area contributed by atoms with Crippen molar-refractivity contribution in [3.63, 3.8) is 0 Å². The number of hydrogen-bond donors (Lipinski definition) is 0. The van der Waals surface area contributed by atoms with Gasteiger partial charge in [-0.3, -0.25) is 9.59 Å². The van der Waals surface area contributed by atoms with E-state index in [4.69, 9.17) is 9.47 Å². The monoisotopic (exact) mass is 470 g/mol. The van der Waals surface area contributed by atoms with Gasteiger partial charge in [-0.25, -0.2) is 4.79 Å². The van der Waals surface area contributed by atoms with Crippen LogP contribution in [0.4, 0.5) is 39.5 Å². The first-order valence-corrected chi connectivity index (χ1v) is 8.44. The van der Waals surface area contributed by atoms with E-state index in [1.54, 1.807) is 0 Å². The Kier molecular flexibility index (Phi) is 5.05. The Hall–Kier alpha value is -2.48. The molecule has 2 aliphatic carbocycles. The van der Waals surface area contributed by atoms with Crippen molar-refractivity contribution in [2.45, 2.75) is 42.8 Å². The molecule has 2 bridgehead atoms. The maximum Gasteiger partial charge on any atom is 0.447 e. The molecule has 2 saturated carbocycles. The van der Waals surface area contributed by atoms with Gasteiger partial charge in [-0.05, 0) is 6.42 Å². The minimum absolute atomic E-state index is 0.229. The van der Waals surface area contributed by atoms with Gasteiger partial charge in [-0.15, -0.1) is 0 Å². The van der Waals surface area contributed by atoms with Crippen molar-refractivity contribution in [1.82, 2.24) is 0 Å². The lowest BCUT2D eigenvalue weighted by Crippen LogP contribution is -2.69. The van der Waals surface area contributed by atoms with E-state index < -0.39 is 77.9 Å². The molecule has 0 aromatic heterocycles. The zero-order chi connectivity index (χ0) is 23.7. The fourth-order valence-corrected chi connectivity index (χ4v) is 4.53. The predicted molar refractivity (Wildman–Crippen MR) is 75.5 cm³/mol. The average molecular weight is 470 g/mol. The Morgan fingerprint density at radius 1 is 0.968 bits per heavy atom. The Labute approximate surface area is 166 Å². The van der Waals surface area contributed by atoms with E-state index in [9.17, 15) is 53.9 Å². The molecule has 1 saturated heterocycles. The summed E-state index contributed by atoms with van der Waals surface area (Å²) in [6.07, 6.45) is -23.6. The molecule has 3 aliphatic rings. The van der Waals surface area contributed by atoms with E-state index in [1.807, 2.05) is 0 Å². The quantitative estimate of drug-likeness (QED) is 0.272. The molecule has 6 nitrogen and oxygen atoms in total. The molecule has 0 radical (unpaired) electrons. The first-order chi connectivity index (χ1) is 14.0. The minimum atomic E-state index is -7.12. The van der Waals surface area contributed by atoms with Crippen molar-refractivity contribution in [1.29, 1.82) is 0 Å². The molecule has 0 aromatic rings. The highest BCUT2D eigenvalue weighted by molar-refractivity contribution is 5.87. The molecule has 0 aromatic carbocycles. The Balaban J connectivity index is 2.00. The summed E-state index contributed by atoms with van der Waals surface area (Å²) in [6.45, 7) is 3.08. The number of rotatable bonds is 4. The summed E-state index contributed by atoms with van der Waals surface area (Å²) >= 11 is 0. The van der Waals surface area contributed by atoms with Gasteiger partial charge in [0.05, 0.1) is 11.8 Å². The second-order valence-corrected chi connectivity index (χ2v) is 7.22. The fourth-order valence-electron chi connectivity index (χ4n) is 4.53. The first kappa shape index (κ1) is 23.2. The molecule has 31 heavy (non-hydrogen) atoms. The van der Waals surface area contributed by atoms with E-state index in [1.165, 1.54) is 0 Å². The van der Waals surface area contributed by atoms with Gasteiger partial charge in [0.2, 0.25) is 0 Å². The molecular formula is C16H11F9O6. The van der Waals surface area contributed by atoms with E-state index in [2.05, 4.69) is 11.3 Å². The third-order valence-electron chi connectivity index (χ3n) is 5.69. The third-order valence-corrected chi connectivity index (χ3v) is 5.69. The summed E-state index contributed by atoms with van der Waals surface area (Å²) in [5.41, 5.74) is -6.82. The van der Waals surface area contributed by atoms with Crippen molar-refractivity contribution in [3.8, 4) is 0 Å². The van der Waals surface area contributed by atoms with Gasteiger partial charge in [0.1, 0.15) is 12.2 Å². The fraction of sp³-hybridized carbons (Fsp3) is 0.688. The van der Waals surface area contributed by atoms with E-state index in [0.717, 1.165) is 0 Å². The zero-order valence-corrected chi connectivity index (χ0v) is 14.8. The van der Waals surface area contributed by atoms with Crippen LogP contribution < -0.4 is 0 Å². The molecular weight excluding hydrogens is 459 g/mol. The number of fused-ring (bicyclic) bond motifs is 1. The summed E-state index contributed by atoms with van der Waals surface area (Å²) in [5.74, 6) is -11.1. The van der Waals surface area contributed by atoms with E-state index >= 15 is 0 Å². The SMILES string of the molecule is C=CC(=O)OC1C2CC3C1OC(=O)C3C2C(=O)OC(C(F)(F)F)(C(F)(F)F)C(F)(F)F. The predicted octanol–water partition coefficient (Wildman–Crippen LogP) is 2.86. The number of halogens is 9. The average Bonchev–Trinajstić information content (AvgIpc) is 3.19. The maximum atomic E-state index is 13.1. The Bertz CT molecular complexity index is 778. The van der Waals surface area contributed by atoms with Crippen molar-refractivity contribution in [2.75, 3.05) is 0 Å². The van der Waals surface area contributed by atoms with Crippen LogP contribution in [0.5, 0.6) is 0 Å². The Morgan fingerprint density at radius 2 is 1.48 bits per heavy atom. The second-order valence-electron chi connectivity index (χ2n) is 7.22. The number of alkyl halides is 9. The lowest BCUT2D eigenvalue weighted by Gasteiger charge is -2.39. The van der Waals surface area contributed by atoms with Gasteiger partial charge >= 0.3 is 42.0 Å². The van der Waals surface area contributed by atoms with Crippen LogP contribution in [0.15, 0.2) is 12.7 Å². The standard InChI is InChI=1S/C16H11F9O6/c1-2-6(26)29-9-5-3-4-7(11(27)30-10(4)9)8(5)12(28)31-13(14(17,18)19,15(20,21)22)16(23,24)25/h2,4-5,7-10H,1,3H2. The summed E-state index contributed by atoms with van der Waals surface area (Å²) < 4.78 is 131. The zero-order valence-electron chi connectivity index (χ0n) is 14.8. The van der Waals surface area contributed by atoms with Crippen LogP contribution in [0.3, 0.4) is 0 Å². The minimum Gasteiger partial charge on any atom is -0.458 e. The number of ether oxygens (including phenoxy) is 3. The molecule has 3 fully saturated rings. The highest BCUT2D eigenvalue weighted by atomic mass is 19.4. The van der Waals surface area contributed by atoms with Gasteiger partial charge in [-0.1, -0.05) is 6.58 Å². The molecule has 1 aliphatic heterocycles. The van der Waals surface area contributed by atoms with Crippen molar-refractivity contribution in [3.05, 3.63) is 12.7 Å². The lowest BCUT2D eigenvalue weighted by atomic mass is 9.78. The summed E-state index contributed by atoms with van der Waals surface area (Å²) in [5, 5.41) is 0.